The van der Waals surface area contributed by atoms with Gasteiger partial charge in [0.05, 0.1) is 19.1 Å². The molecule has 1 saturated carbocycles. The van der Waals surface area contributed by atoms with Gasteiger partial charge in [-0.05, 0) is 25.7 Å². The molecule has 0 amide bonds. The zero-order chi connectivity index (χ0) is 22.4. The normalized spacial score (nSPS) is 20.1. The second-order valence-electron chi connectivity index (χ2n) is 8.67. The Balaban J connectivity index is 1.59. The van der Waals surface area contributed by atoms with Crippen molar-refractivity contribution in [1.82, 2.24) is 15.2 Å². The van der Waals surface area contributed by atoms with Crippen LogP contribution >= 0.6 is 0 Å². The quantitative estimate of drug-likeness (QED) is 0.564. The van der Waals surface area contributed by atoms with Gasteiger partial charge in [-0.2, -0.15) is 13.2 Å². The van der Waals surface area contributed by atoms with E-state index in [-0.39, 0.29) is 35.0 Å². The van der Waals surface area contributed by atoms with Gasteiger partial charge in [-0.15, -0.1) is 10.2 Å². The van der Waals surface area contributed by atoms with Crippen LogP contribution in [0.2, 0.25) is 0 Å². The van der Waals surface area contributed by atoms with Crippen molar-refractivity contribution in [1.29, 1.82) is 0 Å². The van der Waals surface area contributed by atoms with Crippen molar-refractivity contribution in [2.75, 3.05) is 13.2 Å². The number of aryl methyl sites for hydroxylation is 1. The average Bonchev–Trinajstić information content (AvgIpc) is 3.44. The number of carbonyl (C=O) groups is 1. The van der Waals surface area contributed by atoms with E-state index in [0.29, 0.717) is 30.6 Å². The van der Waals surface area contributed by atoms with E-state index in [2.05, 4.69) is 15.2 Å². The number of pyridine rings is 1. The molecule has 2 aromatic rings. The lowest BCUT2D eigenvalue weighted by Gasteiger charge is -2.42. The minimum Gasteiger partial charge on any atom is -0.481 e. The van der Waals surface area contributed by atoms with E-state index in [9.17, 15) is 18.0 Å². The predicted molar refractivity (Wildman–Crippen MR) is 102 cm³/mol. The minimum absolute atomic E-state index is 0.0194. The maximum Gasteiger partial charge on any atom is 0.425 e. The molecule has 31 heavy (non-hydrogen) atoms. The van der Waals surface area contributed by atoms with Gasteiger partial charge in [-0.25, -0.2) is 0 Å². The Labute approximate surface area is 177 Å². The molecule has 4 rings (SSSR count). The summed E-state index contributed by atoms with van der Waals surface area (Å²) in [6.45, 7) is 5.47. The first-order valence-corrected chi connectivity index (χ1v) is 10.2. The second-order valence-corrected chi connectivity index (χ2v) is 8.67. The van der Waals surface area contributed by atoms with E-state index < -0.39 is 18.2 Å². The SMILES string of the molecule is Cc1nnc(C(CC(=O)c2cc(O[C@@H](C)C(F)(F)F)c(C3CC3)cn2)C2(C)COC2)o1. The Kier molecular flexibility index (Phi) is 5.53. The molecule has 1 unspecified atom stereocenters. The van der Waals surface area contributed by atoms with Gasteiger partial charge in [0.2, 0.25) is 11.8 Å². The molecule has 0 radical (unpaired) electrons. The van der Waals surface area contributed by atoms with Crippen molar-refractivity contribution in [3.05, 3.63) is 35.3 Å². The third-order valence-corrected chi connectivity index (χ3v) is 5.90. The third kappa shape index (κ3) is 4.58. The molecule has 0 spiro atoms. The van der Waals surface area contributed by atoms with Crippen molar-refractivity contribution in [2.24, 2.45) is 5.41 Å². The molecular weight excluding hydrogens is 415 g/mol. The number of ether oxygens (including phenoxy) is 2. The number of carbonyl (C=O) groups excluding carboxylic acids is 1. The molecule has 168 valence electrons. The van der Waals surface area contributed by atoms with E-state index in [4.69, 9.17) is 13.9 Å². The van der Waals surface area contributed by atoms with Gasteiger partial charge in [0.15, 0.2) is 11.9 Å². The van der Waals surface area contributed by atoms with Gasteiger partial charge >= 0.3 is 6.18 Å². The van der Waals surface area contributed by atoms with E-state index in [0.717, 1.165) is 19.8 Å². The van der Waals surface area contributed by atoms with E-state index in [1.807, 2.05) is 6.92 Å². The molecule has 2 fully saturated rings. The molecule has 2 atom stereocenters. The lowest BCUT2D eigenvalue weighted by Crippen LogP contribution is -2.45. The second kappa shape index (κ2) is 7.89. The summed E-state index contributed by atoms with van der Waals surface area (Å²) in [7, 11) is 0. The number of Topliss-reactive ketones (excluding diaryl/α,β-unsaturated/α-hetero) is 1. The summed E-state index contributed by atoms with van der Waals surface area (Å²) in [5, 5.41) is 7.93. The molecule has 7 nitrogen and oxygen atoms in total. The molecule has 3 heterocycles. The highest BCUT2D eigenvalue weighted by Crippen LogP contribution is 2.46. The largest absolute Gasteiger partial charge is 0.481 e. The zero-order valence-corrected chi connectivity index (χ0v) is 17.5. The summed E-state index contributed by atoms with van der Waals surface area (Å²) < 4.78 is 55.2. The molecule has 2 aliphatic rings. The van der Waals surface area contributed by atoms with Gasteiger partial charge in [-0.1, -0.05) is 6.92 Å². The molecule has 2 aromatic heterocycles. The number of nitrogens with zero attached hydrogens (tertiary/aromatic N) is 3. The molecule has 0 aromatic carbocycles. The topological polar surface area (TPSA) is 87.3 Å². The Bertz CT molecular complexity index is 967. The van der Waals surface area contributed by atoms with Crippen molar-refractivity contribution >= 4 is 5.78 Å². The summed E-state index contributed by atoms with van der Waals surface area (Å²) in [6, 6.07) is 1.33. The fourth-order valence-electron chi connectivity index (χ4n) is 3.66. The van der Waals surface area contributed by atoms with Crippen LogP contribution in [0.4, 0.5) is 13.2 Å². The fourth-order valence-corrected chi connectivity index (χ4v) is 3.66. The van der Waals surface area contributed by atoms with Gasteiger partial charge in [-0.3, -0.25) is 9.78 Å². The standard InChI is InChI=1S/C21H24F3N3O4/c1-11(21(22,23)24)30-18-7-16(25-8-14(18)13-4-5-13)17(28)6-15(20(3)9-29-10-20)19-27-26-12(2)31-19/h7-8,11,13,15H,4-6,9-10H2,1-3H3/t11-,15?/m0/s1. The third-order valence-electron chi connectivity index (χ3n) is 5.90. The highest BCUT2D eigenvalue weighted by atomic mass is 19.4. The lowest BCUT2D eigenvalue weighted by molar-refractivity contribution is -0.189. The average molecular weight is 439 g/mol. The van der Waals surface area contributed by atoms with E-state index >= 15 is 0 Å². The van der Waals surface area contributed by atoms with Gasteiger partial charge < -0.3 is 13.9 Å². The van der Waals surface area contributed by atoms with Crippen LogP contribution in [0.3, 0.4) is 0 Å². The van der Waals surface area contributed by atoms with Gasteiger partial charge in [0, 0.05) is 36.6 Å². The number of hydrogen-bond acceptors (Lipinski definition) is 7. The van der Waals surface area contributed by atoms with Crippen LogP contribution in [0.15, 0.2) is 16.7 Å². The van der Waals surface area contributed by atoms with Crippen molar-refractivity contribution < 1.29 is 31.9 Å². The smallest absolute Gasteiger partial charge is 0.425 e. The summed E-state index contributed by atoms with van der Waals surface area (Å²) >= 11 is 0. The monoisotopic (exact) mass is 439 g/mol. The van der Waals surface area contributed by atoms with Crippen molar-refractivity contribution in [2.45, 2.75) is 64.1 Å². The molecule has 1 aliphatic carbocycles. The van der Waals surface area contributed by atoms with Gasteiger partial charge in [0.25, 0.3) is 0 Å². The fraction of sp³-hybridized carbons (Fsp3) is 0.619. The van der Waals surface area contributed by atoms with Crippen LogP contribution in [0.5, 0.6) is 5.75 Å². The molecule has 1 aliphatic heterocycles. The predicted octanol–water partition coefficient (Wildman–Crippen LogP) is 4.37. The molecule has 10 heteroatoms. The minimum atomic E-state index is -4.51. The highest BCUT2D eigenvalue weighted by molar-refractivity contribution is 5.95. The number of aromatic nitrogens is 3. The molecular formula is C21H24F3N3O4. The first kappa shape index (κ1) is 21.7. The summed E-state index contributed by atoms with van der Waals surface area (Å²) in [4.78, 5) is 17.3. The Morgan fingerprint density at radius 3 is 2.55 bits per heavy atom. The first-order chi connectivity index (χ1) is 14.6. The molecule has 0 bridgehead atoms. The van der Waals surface area contributed by atoms with Gasteiger partial charge in [0.1, 0.15) is 11.4 Å². The zero-order valence-electron chi connectivity index (χ0n) is 17.5. The summed E-state index contributed by atoms with van der Waals surface area (Å²) in [6.07, 6.45) is -3.29. The Morgan fingerprint density at radius 2 is 2.03 bits per heavy atom. The maximum atomic E-state index is 13.1. The van der Waals surface area contributed by atoms with Crippen LogP contribution in [0.1, 0.15) is 72.8 Å². The van der Waals surface area contributed by atoms with Crippen molar-refractivity contribution in [3.63, 3.8) is 0 Å². The highest BCUT2D eigenvalue weighted by Gasteiger charge is 2.46. The molecule has 0 N–H and O–H groups in total. The number of hydrogen-bond donors (Lipinski definition) is 0. The Hall–Kier alpha value is -2.49. The van der Waals surface area contributed by atoms with Crippen LogP contribution in [0, 0.1) is 12.3 Å². The summed E-state index contributed by atoms with van der Waals surface area (Å²) in [5.74, 6) is 0.189. The van der Waals surface area contributed by atoms with E-state index in [1.165, 1.54) is 12.3 Å². The van der Waals surface area contributed by atoms with Crippen LogP contribution in [-0.2, 0) is 4.74 Å². The number of halogens is 3. The number of alkyl halides is 3. The number of rotatable bonds is 8. The van der Waals surface area contributed by atoms with Crippen LogP contribution in [-0.4, -0.2) is 46.5 Å². The summed E-state index contributed by atoms with van der Waals surface area (Å²) in [5.41, 5.74) is 0.308. The first-order valence-electron chi connectivity index (χ1n) is 10.2. The van der Waals surface area contributed by atoms with Crippen molar-refractivity contribution in [3.8, 4) is 5.75 Å². The molecule has 1 saturated heterocycles. The lowest BCUT2D eigenvalue weighted by atomic mass is 9.72. The van der Waals surface area contributed by atoms with Crippen LogP contribution in [0.25, 0.3) is 0 Å². The van der Waals surface area contributed by atoms with Crippen LogP contribution < -0.4 is 4.74 Å². The Morgan fingerprint density at radius 1 is 1.32 bits per heavy atom. The van der Waals surface area contributed by atoms with E-state index in [1.54, 1.807) is 6.92 Å². The number of ketones is 1. The maximum absolute atomic E-state index is 13.1.